The monoisotopic (exact) mass is 1100 g/mol. The molecule has 0 atom stereocenters. The average Bonchev–Trinajstić information content (AvgIpc) is 4.09. The van der Waals surface area contributed by atoms with Gasteiger partial charge in [0.1, 0.15) is 22.1 Å². The van der Waals surface area contributed by atoms with Crippen LogP contribution in [0.3, 0.4) is 0 Å². The normalized spacial score (nSPS) is 13.6. The van der Waals surface area contributed by atoms with E-state index in [0.717, 1.165) is 61.1 Å². The van der Waals surface area contributed by atoms with E-state index < -0.39 is 0 Å². The second kappa shape index (κ2) is 19.9. The van der Waals surface area contributed by atoms with Crippen LogP contribution in [0.5, 0.6) is 0 Å². The van der Waals surface area contributed by atoms with Crippen molar-refractivity contribution in [2.75, 3.05) is 4.90 Å². The van der Waals surface area contributed by atoms with E-state index >= 15 is 0 Å². The van der Waals surface area contributed by atoms with Gasteiger partial charge >= 0.3 is 0 Å². The van der Waals surface area contributed by atoms with Crippen molar-refractivity contribution in [2.24, 2.45) is 0 Å². The van der Waals surface area contributed by atoms with Crippen LogP contribution in [0, 0.1) is 0 Å². The predicted octanol–water partition coefficient (Wildman–Crippen LogP) is 18.9. The molecule has 0 radical (unpaired) electrons. The van der Waals surface area contributed by atoms with Gasteiger partial charge in [0.2, 0.25) is 0 Å². The zero-order valence-electron chi connectivity index (χ0n) is 44.3. The van der Waals surface area contributed by atoms with Crippen molar-refractivity contribution in [3.8, 4) is 11.4 Å². The summed E-state index contributed by atoms with van der Waals surface area (Å²) in [6.07, 6.45) is 8.14. The molecular formula is C72H58BrN7. The number of benzene rings is 10. The molecule has 1 aliphatic heterocycles. The average molecular weight is 1100 g/mol. The van der Waals surface area contributed by atoms with Gasteiger partial charge in [-0.05, 0) is 116 Å². The van der Waals surface area contributed by atoms with E-state index in [0.29, 0.717) is 0 Å². The lowest BCUT2D eigenvalue weighted by Gasteiger charge is -2.42. The Morgan fingerprint density at radius 2 is 0.637 bits per heavy atom. The van der Waals surface area contributed by atoms with E-state index in [4.69, 9.17) is 9.97 Å². The Kier molecular flexibility index (Phi) is 12.5. The van der Waals surface area contributed by atoms with Crippen LogP contribution in [0.15, 0.2) is 248 Å². The number of aromatic nitrogens is 6. The summed E-state index contributed by atoms with van der Waals surface area (Å²) in [4.78, 5) is 21.3. The van der Waals surface area contributed by atoms with Gasteiger partial charge in [0, 0.05) is 61.6 Å². The Morgan fingerprint density at radius 3 is 1.09 bits per heavy atom. The Bertz CT molecular complexity index is 4500. The molecule has 7 nitrogen and oxygen atoms in total. The highest BCUT2D eigenvalue weighted by molar-refractivity contribution is 9.10. The van der Waals surface area contributed by atoms with E-state index in [1.165, 1.54) is 77.3 Å². The molecule has 2 aliphatic rings. The summed E-state index contributed by atoms with van der Waals surface area (Å²) in [6.45, 7) is 9.27. The van der Waals surface area contributed by atoms with Gasteiger partial charge in [-0.3, -0.25) is 19.9 Å². The number of hydrogen-bond donors (Lipinski definition) is 0. The van der Waals surface area contributed by atoms with Crippen molar-refractivity contribution >= 4 is 98.7 Å². The number of hydrogen-bond acceptors (Lipinski definition) is 5. The van der Waals surface area contributed by atoms with E-state index in [-0.39, 0.29) is 18.3 Å². The van der Waals surface area contributed by atoms with Gasteiger partial charge in [-0.25, -0.2) is 0 Å². The first kappa shape index (κ1) is 50.3. The molecule has 0 N–H and O–H groups in total. The molecule has 0 amide bonds. The lowest BCUT2D eigenvalue weighted by Crippen LogP contribution is -2.30. The van der Waals surface area contributed by atoms with E-state index in [2.05, 4.69) is 280 Å². The van der Waals surface area contributed by atoms with Crippen LogP contribution in [0.4, 0.5) is 17.1 Å². The van der Waals surface area contributed by atoms with Gasteiger partial charge in [0.15, 0.2) is 0 Å². The molecule has 0 unspecified atom stereocenters. The third-order valence-electron chi connectivity index (χ3n) is 16.4. The largest absolute Gasteiger partial charge is 0.308 e. The van der Waals surface area contributed by atoms with Gasteiger partial charge in [-0.2, -0.15) is 0 Å². The first-order chi connectivity index (χ1) is 38.7. The fraction of sp³-hybridized carbons (Fsp3) is 0.111. The minimum Gasteiger partial charge on any atom is -0.308 e. The summed E-state index contributed by atoms with van der Waals surface area (Å²) in [5.74, 6) is 0. The standard InChI is InChI=1S/C35H26N4.C20H12BrN3.C16H16.CH4/c1-35(2)25-13-5-9-17-29(25)39(30-18-10-6-14-26(30)35)32-20-19-31(33-34(32)37-22-21-36-33)38-27-15-7-3-11-23(27)24-12-4-8-16-28(24)38;21-15-9-10-18(20-19(15)22-11-12-23-20)24-16-7-3-1-5-13(16)14-6-2-4-8-17(14)24;1-16(2)14-9-5-3-7-12(14)11-13-8-4-6-10-15(13)16;/h3-22H,1-2H3;1-12H;3-10H,11H2,1-2H3;1H4. The lowest BCUT2D eigenvalue weighted by molar-refractivity contribution is 0.610. The molecule has 5 heterocycles. The zero-order valence-corrected chi connectivity index (χ0v) is 45.9. The molecular weight excluding hydrogens is 1040 g/mol. The number of anilines is 3. The van der Waals surface area contributed by atoms with Gasteiger partial charge in [-0.1, -0.05) is 193 Å². The SMILES string of the molecule is Brc1ccc(-n2c3ccccc3c3ccccc32)c2nccnc12.C.CC1(C)c2ccccc2Cc2ccccc21.CC1(C)c2ccccc2N(c2ccc(-n3c4ccccc4c4ccccc43)c3nccnc23)c2ccccc21. The fourth-order valence-electron chi connectivity index (χ4n) is 12.8. The van der Waals surface area contributed by atoms with Crippen LogP contribution in [-0.2, 0) is 17.3 Å². The lowest BCUT2D eigenvalue weighted by atomic mass is 9.69. The summed E-state index contributed by atoms with van der Waals surface area (Å²) in [5.41, 5.74) is 22.2. The third kappa shape index (κ3) is 7.99. The predicted molar refractivity (Wildman–Crippen MR) is 337 cm³/mol. The third-order valence-corrected chi connectivity index (χ3v) is 17.1. The maximum atomic E-state index is 4.95. The van der Waals surface area contributed by atoms with Crippen molar-refractivity contribution in [3.05, 3.63) is 281 Å². The Morgan fingerprint density at radius 1 is 0.325 bits per heavy atom. The highest BCUT2D eigenvalue weighted by Gasteiger charge is 2.37. The number of fused-ring (bicyclic) bond motifs is 12. The molecule has 10 aromatic carbocycles. The van der Waals surface area contributed by atoms with Crippen LogP contribution in [0.1, 0.15) is 68.5 Å². The molecule has 16 rings (SSSR count). The van der Waals surface area contributed by atoms with Crippen LogP contribution < -0.4 is 4.90 Å². The molecule has 1 aliphatic carbocycles. The molecule has 0 saturated carbocycles. The number of nitrogens with zero attached hydrogens (tertiary/aromatic N) is 7. The first-order valence-electron chi connectivity index (χ1n) is 26.9. The van der Waals surface area contributed by atoms with Gasteiger partial charge in [-0.15, -0.1) is 0 Å². The summed E-state index contributed by atoms with van der Waals surface area (Å²) >= 11 is 3.58. The molecule has 8 heteroatoms. The molecule has 80 heavy (non-hydrogen) atoms. The summed E-state index contributed by atoms with van der Waals surface area (Å²) in [5, 5.41) is 4.95. The van der Waals surface area contributed by atoms with Crippen LogP contribution in [0.25, 0.3) is 77.1 Å². The smallest absolute Gasteiger partial charge is 0.115 e. The summed E-state index contributed by atoms with van der Waals surface area (Å²) in [7, 11) is 0. The quantitative estimate of drug-likeness (QED) is 0.176. The Labute approximate surface area is 474 Å². The second-order valence-corrected chi connectivity index (χ2v) is 22.4. The van der Waals surface area contributed by atoms with Crippen molar-refractivity contribution < 1.29 is 0 Å². The Hall–Kier alpha value is -9.24. The van der Waals surface area contributed by atoms with Crippen LogP contribution in [-0.4, -0.2) is 29.1 Å². The van der Waals surface area contributed by atoms with Crippen molar-refractivity contribution in [1.29, 1.82) is 0 Å². The highest BCUT2D eigenvalue weighted by atomic mass is 79.9. The Balaban J connectivity index is 0.000000125. The molecule has 14 aromatic rings. The maximum Gasteiger partial charge on any atom is 0.115 e. The number of halogens is 1. The van der Waals surface area contributed by atoms with Gasteiger partial charge in [0.05, 0.1) is 50.5 Å². The minimum absolute atomic E-state index is 0. The van der Waals surface area contributed by atoms with Crippen LogP contribution >= 0.6 is 15.9 Å². The molecule has 0 spiro atoms. The zero-order chi connectivity index (χ0) is 53.4. The maximum absolute atomic E-state index is 4.95. The van der Waals surface area contributed by atoms with E-state index in [9.17, 15) is 0 Å². The number of rotatable bonds is 3. The molecule has 388 valence electrons. The molecule has 4 aromatic heterocycles. The molecule has 0 fully saturated rings. The minimum atomic E-state index is -0.117. The fourth-order valence-corrected chi connectivity index (χ4v) is 13.2. The molecule has 0 saturated heterocycles. The van der Waals surface area contributed by atoms with Gasteiger partial charge < -0.3 is 14.0 Å². The van der Waals surface area contributed by atoms with Crippen molar-refractivity contribution in [1.82, 2.24) is 29.1 Å². The van der Waals surface area contributed by atoms with Crippen LogP contribution in [0.2, 0.25) is 0 Å². The summed E-state index contributed by atoms with van der Waals surface area (Å²) in [6, 6.07) is 77.7. The highest BCUT2D eigenvalue weighted by Crippen LogP contribution is 2.53. The van der Waals surface area contributed by atoms with Crippen molar-refractivity contribution in [2.45, 2.75) is 52.4 Å². The molecule has 0 bridgehead atoms. The number of para-hydroxylation sites is 6. The second-order valence-electron chi connectivity index (χ2n) is 21.5. The first-order valence-corrected chi connectivity index (χ1v) is 27.7. The van der Waals surface area contributed by atoms with E-state index in [1.807, 2.05) is 6.07 Å². The van der Waals surface area contributed by atoms with Gasteiger partial charge in [0.25, 0.3) is 0 Å². The topological polar surface area (TPSA) is 64.7 Å². The summed E-state index contributed by atoms with van der Waals surface area (Å²) < 4.78 is 5.55. The van der Waals surface area contributed by atoms with E-state index in [1.54, 1.807) is 24.8 Å². The van der Waals surface area contributed by atoms with Crippen molar-refractivity contribution in [3.63, 3.8) is 0 Å².